The first-order chi connectivity index (χ1) is 59.5. The molecule has 0 radical (unpaired) electrons. The van der Waals surface area contributed by atoms with Crippen molar-refractivity contribution in [3.05, 3.63) is 123 Å². The summed E-state index contributed by atoms with van der Waals surface area (Å²) >= 11 is 4.75. The van der Waals surface area contributed by atoms with Gasteiger partial charge in [0.2, 0.25) is 47.3 Å². The molecular formula is C92H132N12O19S3. The minimum Gasteiger partial charge on any atom is -0.481 e. The second-order valence-electron chi connectivity index (χ2n) is 35.5. The number of nitrogens with one attached hydrogen (secondary N) is 5. The topological polar surface area (TPSA) is 459 Å². The van der Waals surface area contributed by atoms with Gasteiger partial charge in [0, 0.05) is 97.1 Å². The molecule has 0 aliphatic carbocycles. The van der Waals surface area contributed by atoms with Gasteiger partial charge in [-0.05, 0) is 109 Å². The van der Waals surface area contributed by atoms with Crippen molar-refractivity contribution >= 4 is 105 Å². The number of benzene rings is 3. The second-order valence-corrected chi connectivity index (χ2v) is 38.1. The van der Waals surface area contributed by atoms with Crippen molar-refractivity contribution in [2.45, 2.75) is 292 Å². The number of nitrogens with zero attached hydrogens (tertiary/aromatic N) is 6. The number of ether oxygens (including phenoxy) is 2. The van der Waals surface area contributed by atoms with E-state index in [2.05, 4.69) is 51.0 Å². The number of aliphatic carboxylic acids is 2. The molecule has 0 unspecified atom stereocenters. The van der Waals surface area contributed by atoms with E-state index < -0.39 is 88.7 Å². The zero-order valence-corrected chi connectivity index (χ0v) is 77.8. The summed E-state index contributed by atoms with van der Waals surface area (Å²) in [5.74, 6) is -4.57. The van der Waals surface area contributed by atoms with Crippen LogP contribution < -0.4 is 32.3 Å². The number of thiazole rings is 3. The van der Waals surface area contributed by atoms with Crippen molar-refractivity contribution in [2.24, 2.45) is 22.0 Å². The van der Waals surface area contributed by atoms with Crippen LogP contribution >= 0.6 is 34.0 Å². The molecule has 0 spiro atoms. The lowest BCUT2D eigenvalue weighted by Gasteiger charge is -2.35. The Balaban J connectivity index is 0.000000275. The molecule has 3 fully saturated rings. The average Bonchev–Trinajstić information content (AvgIpc) is 1.62. The first-order valence-electron chi connectivity index (χ1n) is 43.2. The molecule has 6 heterocycles. The number of unbranched alkanes of at least 4 members (excludes halogenated alkanes) is 9. The number of hydrogen-bond acceptors (Lipinski definition) is 24. The van der Waals surface area contributed by atoms with Gasteiger partial charge < -0.3 is 82.0 Å². The van der Waals surface area contributed by atoms with Crippen molar-refractivity contribution in [1.29, 1.82) is 0 Å². The molecule has 6 aromatic rings. The van der Waals surface area contributed by atoms with E-state index in [0.29, 0.717) is 51.5 Å². The van der Waals surface area contributed by atoms with Crippen LogP contribution in [0.25, 0.3) is 31.3 Å². The van der Waals surface area contributed by atoms with Gasteiger partial charge in [0.25, 0.3) is 0 Å². The summed E-state index contributed by atoms with van der Waals surface area (Å²) < 4.78 is 9.10. The van der Waals surface area contributed by atoms with E-state index in [1.807, 2.05) is 172 Å². The maximum Gasteiger partial charge on any atom is 0.305 e. The van der Waals surface area contributed by atoms with E-state index >= 15 is 0 Å². The van der Waals surface area contributed by atoms with Crippen LogP contribution in [0, 0.1) is 37.0 Å². The van der Waals surface area contributed by atoms with Crippen LogP contribution in [0.15, 0.2) is 89.3 Å². The summed E-state index contributed by atoms with van der Waals surface area (Å²) in [5, 5.41) is 62.4. The number of aliphatic hydroxyl groups excluding tert-OH is 3. The Labute approximate surface area is 752 Å². The molecule has 8 amide bonds. The van der Waals surface area contributed by atoms with E-state index in [1.54, 1.807) is 34.0 Å². The fraction of sp³-hybridized carbons (Fsp3) is 0.576. The van der Waals surface area contributed by atoms with Crippen LogP contribution in [-0.2, 0) is 86.6 Å². The largest absolute Gasteiger partial charge is 0.481 e. The predicted molar refractivity (Wildman–Crippen MR) is 483 cm³/mol. The van der Waals surface area contributed by atoms with E-state index in [1.165, 1.54) is 28.9 Å². The molecule has 9 rings (SSSR count). The van der Waals surface area contributed by atoms with Crippen LogP contribution in [0.5, 0.6) is 0 Å². The molecule has 0 saturated carbocycles. The maximum absolute atomic E-state index is 13.7. The van der Waals surface area contributed by atoms with Crippen molar-refractivity contribution in [3.8, 4) is 31.3 Å². The zero-order valence-electron chi connectivity index (χ0n) is 75.4. The first-order valence-corrected chi connectivity index (χ1v) is 45.8. The third-order valence-electron chi connectivity index (χ3n) is 22.0. The summed E-state index contributed by atoms with van der Waals surface area (Å²) in [7, 11) is 2.73. The maximum atomic E-state index is 13.7. The Hall–Kier alpha value is -9.97. The number of hydrogen-bond donors (Lipinski definition) is 11. The zero-order chi connectivity index (χ0) is 93.2. The quantitative estimate of drug-likeness (QED) is 0.0127. The minimum absolute atomic E-state index is 0.0197. The lowest BCUT2D eigenvalue weighted by atomic mass is 9.85. The third kappa shape index (κ3) is 34.3. The predicted octanol–water partition coefficient (Wildman–Crippen LogP) is 11.0. The number of carboxylic acid groups (broad SMARTS) is 2. The Kier molecular flexibility index (Phi) is 42.5. The van der Waals surface area contributed by atoms with Crippen LogP contribution in [0.1, 0.15) is 231 Å². The summed E-state index contributed by atoms with van der Waals surface area (Å²) in [4.78, 5) is 168. The van der Waals surface area contributed by atoms with Crippen molar-refractivity contribution in [1.82, 2.24) is 56.2 Å². The lowest BCUT2D eigenvalue weighted by molar-refractivity contribution is -0.144. The van der Waals surface area contributed by atoms with Gasteiger partial charge in [0.1, 0.15) is 30.2 Å². The number of likely N-dealkylation sites (tertiary alicyclic amines) is 3. The third-order valence-corrected chi connectivity index (χ3v) is 24.9. The van der Waals surface area contributed by atoms with E-state index in [-0.39, 0.29) is 131 Å². The normalized spacial score (nSPS) is 17.4. The Bertz CT molecular complexity index is 4530. The van der Waals surface area contributed by atoms with Crippen LogP contribution in [-0.4, -0.2) is 215 Å². The Morgan fingerprint density at radius 1 is 0.405 bits per heavy atom. The number of methoxy groups -OCH3 is 2. The van der Waals surface area contributed by atoms with Crippen LogP contribution in [0.2, 0.25) is 0 Å². The molecule has 692 valence electrons. The minimum atomic E-state index is -0.870. The van der Waals surface area contributed by atoms with Gasteiger partial charge in [-0.3, -0.25) is 57.5 Å². The highest BCUT2D eigenvalue weighted by atomic mass is 32.1. The lowest BCUT2D eigenvalue weighted by Crippen LogP contribution is -2.57. The van der Waals surface area contributed by atoms with Gasteiger partial charge in [-0.1, -0.05) is 174 Å². The highest BCUT2D eigenvalue weighted by molar-refractivity contribution is 7.14. The van der Waals surface area contributed by atoms with Crippen molar-refractivity contribution < 1.29 is 92.5 Å². The molecule has 126 heavy (non-hydrogen) atoms. The summed E-state index contributed by atoms with van der Waals surface area (Å²) in [6.45, 7) is 23.8. The van der Waals surface area contributed by atoms with Crippen LogP contribution in [0.4, 0.5) is 0 Å². The van der Waals surface area contributed by atoms with E-state index in [0.717, 1.165) is 110 Å². The van der Waals surface area contributed by atoms with Crippen molar-refractivity contribution in [2.75, 3.05) is 33.9 Å². The molecule has 9 atom stereocenters. The molecule has 12 N–H and O–H groups in total. The monoisotopic (exact) mass is 1800 g/mol. The molecule has 3 saturated heterocycles. The Morgan fingerprint density at radius 2 is 0.667 bits per heavy atom. The number of aromatic nitrogens is 3. The Morgan fingerprint density at radius 3 is 0.905 bits per heavy atom. The molecule has 34 heteroatoms. The van der Waals surface area contributed by atoms with Gasteiger partial charge in [0.15, 0.2) is 0 Å². The van der Waals surface area contributed by atoms with Gasteiger partial charge in [-0.15, -0.1) is 34.0 Å². The molecule has 3 aliphatic rings. The highest BCUT2D eigenvalue weighted by Crippen LogP contribution is 2.34. The summed E-state index contributed by atoms with van der Waals surface area (Å²) in [5.41, 5.74) is 18.8. The molecule has 3 aliphatic heterocycles. The number of carboxylic acids is 2. The number of aryl methyl sites for hydroxylation is 3. The highest BCUT2D eigenvalue weighted by Gasteiger charge is 2.47. The van der Waals surface area contributed by atoms with E-state index in [4.69, 9.17) is 15.9 Å². The number of esters is 2. The smallest absolute Gasteiger partial charge is 0.305 e. The summed E-state index contributed by atoms with van der Waals surface area (Å²) in [6.07, 6.45) is 8.48. The molecule has 3 aromatic carbocycles. The average molecular weight is 1810 g/mol. The van der Waals surface area contributed by atoms with Gasteiger partial charge in [-0.2, -0.15) is 0 Å². The fourth-order valence-electron chi connectivity index (χ4n) is 14.5. The standard InChI is InChI=1S/C31H44N4O6S.C30H42N4O6S.C22H30N4O3S.C9H16O4/c1-20-27(42-19-33-20)22-14-12-21(13-15-22)17-32-29(39)24-16-23(36)18-35(24)30(40)28(31(2,3)4)34-25(37)10-8-6-7-9-11-26(38)41-5;1-19-26(41-18-32-19)21-13-11-20(12-14-21)16-31-28(39)23-15-22(35)17-34(23)29(40)27(30(2,3)4)33-24(36)9-7-5-6-8-10-25(37)38;1-13-18(30-12-25-13)15-7-5-14(6-8-15)10-24-20(28)17-9-16(27)11-26(17)21(29)19(23)22(2,3)4;1-13-9(12)7-5-3-2-4-6-8(10)11/h12-15,19,23-24,28,36H,6-11,16-18H2,1-5H3,(H,32,39)(H,34,37);11-14,18,22-23,27,35H,5-10,15-17H2,1-4H3,(H,31,39)(H,33,36)(H,37,38);5-8,12,16-17,19,27H,9-11,23H2,1-4H3,(H,24,28);2-7H2,1H3,(H,10,11)/t23-,24+,28-;22-,23+,27-;16-,17+,19-;/m111./s1. The van der Waals surface area contributed by atoms with Gasteiger partial charge in [0.05, 0.1) is 86.8 Å². The molecule has 0 bridgehead atoms. The SMILES string of the molecule is COC(=O)CCCCCCC(=O)N[C@H](C(=O)N1C[C@H](O)C[C@H]1C(=O)NCc1ccc(-c2scnc2C)cc1)C(C)(C)C.COC(=O)CCCCCCC(=O)O.Cc1ncsc1-c1ccc(CNC(=O)[C@@H]2C[C@@H](O)CN2C(=O)[C@@H](N)C(C)(C)C)cc1.Cc1ncsc1-c1ccc(CNC(=O)[C@@H]2C[C@@H](O)CN2C(=O)[C@@H](NC(=O)CCCCCCC(=O)O)C(C)(C)C)cc1. The molecule has 31 nitrogen and oxygen atoms in total. The number of carbonyl (C=O) groups is 12. The number of carbonyl (C=O) groups excluding carboxylic acids is 10. The van der Waals surface area contributed by atoms with Crippen LogP contribution in [0.3, 0.4) is 0 Å². The molecular weight excluding hydrogens is 1670 g/mol. The number of aliphatic hydroxyl groups is 3. The number of β-amino-alcohol motifs (C(OH)–C–C–N with tert-alkyl or cyclic N) is 3. The number of amides is 8. The second kappa shape index (κ2) is 51.1. The van der Waals surface area contributed by atoms with Gasteiger partial charge >= 0.3 is 23.9 Å². The van der Waals surface area contributed by atoms with E-state index in [9.17, 15) is 72.9 Å². The number of rotatable bonds is 38. The first kappa shape index (κ1) is 105. The van der Waals surface area contributed by atoms with Crippen molar-refractivity contribution in [3.63, 3.8) is 0 Å². The molecule has 3 aromatic heterocycles. The summed E-state index contributed by atoms with van der Waals surface area (Å²) in [6, 6.07) is 18.9. The van der Waals surface area contributed by atoms with Gasteiger partial charge in [-0.25, -0.2) is 15.0 Å². The number of nitrogens with two attached hydrogens (primary N) is 1. The fourth-order valence-corrected chi connectivity index (χ4v) is 16.9.